The van der Waals surface area contributed by atoms with Crippen LogP contribution in [0.1, 0.15) is 28.0 Å². The molecule has 4 nitrogen and oxygen atoms in total. The van der Waals surface area contributed by atoms with Crippen LogP contribution >= 0.6 is 0 Å². The number of halogens is 3. The van der Waals surface area contributed by atoms with Crippen LogP contribution in [0.4, 0.5) is 13.2 Å². The van der Waals surface area contributed by atoms with E-state index in [1.54, 1.807) is 0 Å². The Morgan fingerprint density at radius 1 is 1.62 bits per heavy atom. The fourth-order valence-corrected chi connectivity index (χ4v) is 1.03. The molecule has 0 radical (unpaired) electrons. The van der Waals surface area contributed by atoms with Crippen molar-refractivity contribution in [1.29, 1.82) is 5.26 Å². The number of hydrogen-bond donors (Lipinski definition) is 0. The Morgan fingerprint density at radius 2 is 2.25 bits per heavy atom. The topological polar surface area (TPSA) is 63.0 Å². The first kappa shape index (κ1) is 12.0. The second-order valence-corrected chi connectivity index (χ2v) is 2.66. The van der Waals surface area contributed by atoms with Crippen LogP contribution in [0.25, 0.3) is 0 Å². The number of rotatable bonds is 2. The Labute approximate surface area is 88.3 Å². The van der Waals surface area contributed by atoms with E-state index in [-0.39, 0.29) is 0 Å². The predicted octanol–water partition coefficient (Wildman–Crippen LogP) is 1.82. The van der Waals surface area contributed by atoms with E-state index in [9.17, 15) is 18.0 Å². The summed E-state index contributed by atoms with van der Waals surface area (Å²) >= 11 is 0. The summed E-state index contributed by atoms with van der Waals surface area (Å²) in [6.45, 7) is 0. The van der Waals surface area contributed by atoms with Crippen molar-refractivity contribution in [3.05, 3.63) is 28.8 Å². The van der Waals surface area contributed by atoms with Gasteiger partial charge in [0.25, 0.3) is 6.43 Å². The molecule has 1 aromatic rings. The fraction of sp³-hybridized carbons (Fsp3) is 0.222. The van der Waals surface area contributed by atoms with E-state index in [0.717, 1.165) is 7.11 Å². The summed E-state index contributed by atoms with van der Waals surface area (Å²) in [4.78, 5) is 14.4. The lowest BCUT2D eigenvalue weighted by Crippen LogP contribution is -2.11. The van der Waals surface area contributed by atoms with Crippen LogP contribution in [0.15, 0.2) is 6.20 Å². The number of ether oxygens (including phenoxy) is 1. The first-order valence-electron chi connectivity index (χ1n) is 3.97. The third-order valence-electron chi connectivity index (χ3n) is 1.77. The molecule has 0 unspecified atom stereocenters. The SMILES string of the molecule is COC(=O)c1c(C#N)ncc(C(F)F)c1F. The standard InChI is InChI=1S/C9H5F3N2O2/c1-16-9(15)6-5(2-13)14-3-4(7(6)10)8(11)12/h3,8H,1H3. The van der Waals surface area contributed by atoms with Gasteiger partial charge in [0.1, 0.15) is 11.6 Å². The summed E-state index contributed by atoms with van der Waals surface area (Å²) in [5, 5.41) is 8.54. The fourth-order valence-electron chi connectivity index (χ4n) is 1.03. The Balaban J connectivity index is 3.48. The van der Waals surface area contributed by atoms with E-state index in [1.807, 2.05) is 0 Å². The zero-order valence-electron chi connectivity index (χ0n) is 8.00. The monoisotopic (exact) mass is 230 g/mol. The molecule has 0 atom stereocenters. The number of carbonyl (C=O) groups is 1. The predicted molar refractivity (Wildman–Crippen MR) is 45.2 cm³/mol. The lowest BCUT2D eigenvalue weighted by atomic mass is 10.1. The molecule has 1 aromatic heterocycles. The molecule has 0 bridgehead atoms. The number of nitriles is 1. The molecule has 1 rings (SSSR count). The average Bonchev–Trinajstić information content (AvgIpc) is 2.26. The van der Waals surface area contributed by atoms with Gasteiger partial charge in [0.2, 0.25) is 0 Å². The van der Waals surface area contributed by atoms with Crippen LogP contribution in [0, 0.1) is 17.1 Å². The summed E-state index contributed by atoms with van der Waals surface area (Å²) in [6.07, 6.45) is -2.60. The number of hydrogen-bond acceptors (Lipinski definition) is 4. The highest BCUT2D eigenvalue weighted by molar-refractivity contribution is 5.92. The van der Waals surface area contributed by atoms with Crippen LogP contribution in [0.5, 0.6) is 0 Å². The minimum atomic E-state index is -3.12. The zero-order chi connectivity index (χ0) is 12.3. The van der Waals surface area contributed by atoms with Gasteiger partial charge in [-0.3, -0.25) is 0 Å². The number of carbonyl (C=O) groups excluding carboxylic acids is 1. The number of pyridine rings is 1. The van der Waals surface area contributed by atoms with Crippen LogP contribution < -0.4 is 0 Å². The zero-order valence-corrected chi connectivity index (χ0v) is 8.00. The molecule has 1 heterocycles. The molecule has 0 aliphatic carbocycles. The number of aromatic nitrogens is 1. The Hall–Kier alpha value is -2.10. The largest absolute Gasteiger partial charge is 0.465 e. The van der Waals surface area contributed by atoms with Crippen molar-refractivity contribution in [2.45, 2.75) is 6.43 Å². The molecule has 0 aliphatic rings. The van der Waals surface area contributed by atoms with Crippen molar-refractivity contribution in [3.8, 4) is 6.07 Å². The molecule has 0 aliphatic heterocycles. The molecule has 84 valence electrons. The van der Waals surface area contributed by atoms with Crippen molar-refractivity contribution >= 4 is 5.97 Å². The Bertz CT molecular complexity index is 469. The number of esters is 1. The lowest BCUT2D eigenvalue weighted by molar-refractivity contribution is 0.0593. The summed E-state index contributed by atoms with van der Waals surface area (Å²) in [5.41, 5.74) is -2.50. The second kappa shape index (κ2) is 4.61. The van der Waals surface area contributed by atoms with Crippen molar-refractivity contribution in [2.24, 2.45) is 0 Å². The Morgan fingerprint density at radius 3 is 2.69 bits per heavy atom. The van der Waals surface area contributed by atoms with Crippen LogP contribution in [-0.2, 0) is 4.74 Å². The Kier molecular flexibility index (Phi) is 3.45. The summed E-state index contributed by atoms with van der Waals surface area (Å²) < 4.78 is 42.2. The van der Waals surface area contributed by atoms with Gasteiger partial charge >= 0.3 is 5.97 Å². The number of methoxy groups -OCH3 is 1. The molecule has 7 heteroatoms. The van der Waals surface area contributed by atoms with Crippen molar-refractivity contribution < 1.29 is 22.7 Å². The van der Waals surface area contributed by atoms with Gasteiger partial charge < -0.3 is 4.74 Å². The molecular formula is C9H5F3N2O2. The molecule has 0 saturated carbocycles. The molecular weight excluding hydrogens is 225 g/mol. The number of alkyl halides is 2. The third-order valence-corrected chi connectivity index (χ3v) is 1.77. The maximum Gasteiger partial charge on any atom is 0.343 e. The van der Waals surface area contributed by atoms with Gasteiger partial charge in [0.15, 0.2) is 11.5 Å². The van der Waals surface area contributed by atoms with Gasteiger partial charge in [-0.15, -0.1) is 0 Å². The lowest BCUT2D eigenvalue weighted by Gasteiger charge is -2.06. The summed E-state index contributed by atoms with van der Waals surface area (Å²) in [6, 6.07) is 1.42. The van der Waals surface area contributed by atoms with Gasteiger partial charge in [0.05, 0.1) is 12.7 Å². The third kappa shape index (κ3) is 1.95. The van der Waals surface area contributed by atoms with Crippen molar-refractivity contribution in [3.63, 3.8) is 0 Å². The maximum absolute atomic E-state index is 13.4. The van der Waals surface area contributed by atoms with Gasteiger partial charge in [-0.2, -0.15) is 5.26 Å². The van der Waals surface area contributed by atoms with Gasteiger partial charge in [-0.05, 0) is 0 Å². The maximum atomic E-state index is 13.4. The molecule has 0 saturated heterocycles. The van der Waals surface area contributed by atoms with E-state index in [1.165, 1.54) is 6.07 Å². The highest BCUT2D eigenvalue weighted by atomic mass is 19.3. The minimum absolute atomic E-state index is 0.519. The first-order valence-corrected chi connectivity index (χ1v) is 3.97. The smallest absolute Gasteiger partial charge is 0.343 e. The number of nitrogens with zero attached hydrogens (tertiary/aromatic N) is 2. The van der Waals surface area contributed by atoms with E-state index in [4.69, 9.17) is 5.26 Å². The van der Waals surface area contributed by atoms with Gasteiger partial charge in [-0.25, -0.2) is 22.9 Å². The quantitative estimate of drug-likeness (QED) is 0.727. The van der Waals surface area contributed by atoms with Crippen LogP contribution in [0.2, 0.25) is 0 Å². The minimum Gasteiger partial charge on any atom is -0.465 e. The highest BCUT2D eigenvalue weighted by Crippen LogP contribution is 2.25. The second-order valence-electron chi connectivity index (χ2n) is 2.66. The molecule has 0 N–H and O–H groups in total. The molecule has 0 aromatic carbocycles. The summed E-state index contributed by atoms with van der Waals surface area (Å²) in [7, 11) is 0.942. The van der Waals surface area contributed by atoms with Crippen LogP contribution in [0.3, 0.4) is 0 Å². The van der Waals surface area contributed by atoms with Gasteiger partial charge in [-0.1, -0.05) is 0 Å². The van der Waals surface area contributed by atoms with Gasteiger partial charge in [0, 0.05) is 6.20 Å². The normalized spacial score (nSPS) is 10.0. The highest BCUT2D eigenvalue weighted by Gasteiger charge is 2.25. The molecule has 0 spiro atoms. The molecule has 0 amide bonds. The van der Waals surface area contributed by atoms with E-state index < -0.39 is 35.0 Å². The summed E-state index contributed by atoms with van der Waals surface area (Å²) in [5.74, 6) is -2.70. The first-order chi connectivity index (χ1) is 7.52. The van der Waals surface area contributed by atoms with E-state index >= 15 is 0 Å². The molecule has 16 heavy (non-hydrogen) atoms. The van der Waals surface area contributed by atoms with E-state index in [0.29, 0.717) is 6.20 Å². The average molecular weight is 230 g/mol. The van der Waals surface area contributed by atoms with Crippen molar-refractivity contribution in [1.82, 2.24) is 4.98 Å². The molecule has 0 fully saturated rings. The van der Waals surface area contributed by atoms with E-state index in [2.05, 4.69) is 9.72 Å². The van der Waals surface area contributed by atoms with Crippen LogP contribution in [-0.4, -0.2) is 18.1 Å². The van der Waals surface area contributed by atoms with Crippen molar-refractivity contribution in [2.75, 3.05) is 7.11 Å².